The Kier molecular flexibility index (Phi) is 1.99. The lowest BCUT2D eigenvalue weighted by atomic mass is 9.67. The second-order valence-corrected chi connectivity index (χ2v) is 4.40. The van der Waals surface area contributed by atoms with Crippen LogP contribution in [0.2, 0.25) is 0 Å². The van der Waals surface area contributed by atoms with Gasteiger partial charge in [0.05, 0.1) is 6.10 Å². The number of aliphatic hydroxyl groups is 1. The van der Waals surface area contributed by atoms with Gasteiger partial charge in [0.25, 0.3) is 0 Å². The van der Waals surface area contributed by atoms with E-state index >= 15 is 0 Å². The Balaban J connectivity index is 2.22. The number of hydrogen-bond donors (Lipinski definition) is 1. The third kappa shape index (κ3) is 1.03. The molecule has 0 aromatic heterocycles. The predicted molar refractivity (Wildman–Crippen MR) is 49.8 cm³/mol. The smallest absolute Gasteiger partial charge is 0.0576 e. The Morgan fingerprint density at radius 1 is 1.25 bits per heavy atom. The minimum Gasteiger partial charge on any atom is -0.393 e. The highest BCUT2D eigenvalue weighted by atomic mass is 16.3. The Morgan fingerprint density at radius 3 is 2.50 bits per heavy atom. The number of rotatable bonds is 1. The van der Waals surface area contributed by atoms with E-state index in [1.54, 1.807) is 0 Å². The molecular weight excluding hydrogens is 148 g/mol. The molecule has 1 nitrogen and oxygen atoms in total. The zero-order valence-corrected chi connectivity index (χ0v) is 7.63. The quantitative estimate of drug-likeness (QED) is 0.593. The van der Waals surface area contributed by atoms with E-state index in [4.69, 9.17) is 0 Å². The Labute approximate surface area is 74.5 Å². The standard InChI is InChI=1S/C11H18O/c1-2-11-7-3-5-9(11)10(12)6-4-8-11/h2,9-10,12H,1,3-8H2. The number of hydrogen-bond acceptors (Lipinski definition) is 1. The van der Waals surface area contributed by atoms with Gasteiger partial charge in [0.1, 0.15) is 0 Å². The minimum atomic E-state index is -0.0424. The maximum absolute atomic E-state index is 9.83. The van der Waals surface area contributed by atoms with Crippen LogP contribution in [0.3, 0.4) is 0 Å². The van der Waals surface area contributed by atoms with Crippen molar-refractivity contribution in [2.45, 2.75) is 44.6 Å². The monoisotopic (exact) mass is 166 g/mol. The average molecular weight is 166 g/mol. The Hall–Kier alpha value is -0.300. The van der Waals surface area contributed by atoms with Crippen molar-refractivity contribution in [2.24, 2.45) is 11.3 Å². The zero-order chi connectivity index (χ0) is 8.60. The molecule has 2 saturated carbocycles. The van der Waals surface area contributed by atoms with E-state index in [0.29, 0.717) is 11.3 Å². The molecule has 0 radical (unpaired) electrons. The molecule has 0 spiro atoms. The van der Waals surface area contributed by atoms with Crippen LogP contribution in [0.1, 0.15) is 38.5 Å². The molecule has 0 aliphatic heterocycles. The average Bonchev–Trinajstić information content (AvgIpc) is 2.50. The molecule has 2 aliphatic rings. The highest BCUT2D eigenvalue weighted by Gasteiger charge is 2.45. The maximum Gasteiger partial charge on any atom is 0.0576 e. The fourth-order valence-corrected chi connectivity index (χ4v) is 3.21. The normalized spacial score (nSPS) is 47.1. The maximum atomic E-state index is 9.83. The molecular formula is C11H18O. The summed E-state index contributed by atoms with van der Waals surface area (Å²) in [6.45, 7) is 3.94. The Morgan fingerprint density at radius 2 is 1.92 bits per heavy atom. The summed E-state index contributed by atoms with van der Waals surface area (Å²) in [7, 11) is 0. The van der Waals surface area contributed by atoms with E-state index in [1.165, 1.54) is 32.1 Å². The van der Waals surface area contributed by atoms with E-state index in [-0.39, 0.29) is 6.10 Å². The SMILES string of the molecule is C=CC12CCCC(O)C1CCC2. The van der Waals surface area contributed by atoms with Crippen LogP contribution in [0.15, 0.2) is 12.7 Å². The summed E-state index contributed by atoms with van der Waals surface area (Å²) >= 11 is 0. The molecule has 0 heterocycles. The number of aliphatic hydroxyl groups excluding tert-OH is 1. The fourth-order valence-electron chi connectivity index (χ4n) is 3.21. The van der Waals surface area contributed by atoms with Crippen molar-refractivity contribution >= 4 is 0 Å². The molecule has 2 rings (SSSR count). The summed E-state index contributed by atoms with van der Waals surface area (Å²) in [6.07, 6.45) is 9.30. The minimum absolute atomic E-state index is 0.0424. The lowest BCUT2D eigenvalue weighted by Crippen LogP contribution is -2.36. The molecule has 0 amide bonds. The molecule has 2 aliphatic carbocycles. The molecule has 12 heavy (non-hydrogen) atoms. The Bertz CT molecular complexity index is 187. The van der Waals surface area contributed by atoms with Gasteiger partial charge >= 0.3 is 0 Å². The summed E-state index contributed by atoms with van der Waals surface area (Å²) in [6, 6.07) is 0. The largest absolute Gasteiger partial charge is 0.393 e. The molecule has 3 atom stereocenters. The third-order valence-corrected chi connectivity index (χ3v) is 3.91. The summed E-state index contributed by atoms with van der Waals surface area (Å²) in [5.74, 6) is 0.531. The molecule has 68 valence electrons. The van der Waals surface area contributed by atoms with E-state index < -0.39 is 0 Å². The van der Waals surface area contributed by atoms with E-state index in [9.17, 15) is 5.11 Å². The van der Waals surface area contributed by atoms with Crippen molar-refractivity contribution in [2.75, 3.05) is 0 Å². The van der Waals surface area contributed by atoms with Crippen LogP contribution in [0, 0.1) is 11.3 Å². The van der Waals surface area contributed by atoms with Crippen LogP contribution in [0.25, 0.3) is 0 Å². The van der Waals surface area contributed by atoms with Gasteiger partial charge < -0.3 is 5.11 Å². The highest BCUT2D eigenvalue weighted by Crippen LogP contribution is 2.52. The van der Waals surface area contributed by atoms with Crippen LogP contribution in [-0.2, 0) is 0 Å². The summed E-state index contributed by atoms with van der Waals surface area (Å²) in [4.78, 5) is 0. The first-order valence-corrected chi connectivity index (χ1v) is 5.10. The lowest BCUT2D eigenvalue weighted by molar-refractivity contribution is 0.0165. The van der Waals surface area contributed by atoms with Crippen molar-refractivity contribution < 1.29 is 5.11 Å². The van der Waals surface area contributed by atoms with E-state index in [0.717, 1.165) is 6.42 Å². The number of allylic oxidation sites excluding steroid dienone is 1. The molecule has 1 N–H and O–H groups in total. The first kappa shape index (κ1) is 8.31. The first-order valence-electron chi connectivity index (χ1n) is 5.10. The second kappa shape index (κ2) is 2.88. The fraction of sp³-hybridized carbons (Fsp3) is 0.818. The predicted octanol–water partition coefficient (Wildman–Crippen LogP) is 2.50. The second-order valence-electron chi connectivity index (χ2n) is 4.40. The van der Waals surface area contributed by atoms with Gasteiger partial charge in [0.2, 0.25) is 0 Å². The zero-order valence-electron chi connectivity index (χ0n) is 7.63. The molecule has 3 unspecified atom stereocenters. The first-order chi connectivity index (χ1) is 5.78. The van der Waals surface area contributed by atoms with Crippen LogP contribution in [0.4, 0.5) is 0 Å². The van der Waals surface area contributed by atoms with Gasteiger partial charge in [-0.1, -0.05) is 12.5 Å². The number of fused-ring (bicyclic) bond motifs is 1. The third-order valence-electron chi connectivity index (χ3n) is 3.91. The summed E-state index contributed by atoms with van der Waals surface area (Å²) in [5.41, 5.74) is 0.317. The van der Waals surface area contributed by atoms with Crippen molar-refractivity contribution in [3.05, 3.63) is 12.7 Å². The van der Waals surface area contributed by atoms with Gasteiger partial charge in [-0.15, -0.1) is 6.58 Å². The van der Waals surface area contributed by atoms with Crippen LogP contribution in [0.5, 0.6) is 0 Å². The van der Waals surface area contributed by atoms with Gasteiger partial charge in [-0.3, -0.25) is 0 Å². The molecule has 0 aromatic carbocycles. The highest BCUT2D eigenvalue weighted by molar-refractivity contribution is 5.07. The van der Waals surface area contributed by atoms with E-state index in [1.807, 2.05) is 0 Å². The van der Waals surface area contributed by atoms with Crippen LogP contribution >= 0.6 is 0 Å². The molecule has 0 bridgehead atoms. The van der Waals surface area contributed by atoms with E-state index in [2.05, 4.69) is 12.7 Å². The van der Waals surface area contributed by atoms with Crippen LogP contribution < -0.4 is 0 Å². The molecule has 1 heteroatoms. The topological polar surface area (TPSA) is 20.2 Å². The van der Waals surface area contributed by atoms with Crippen molar-refractivity contribution in [1.82, 2.24) is 0 Å². The summed E-state index contributed by atoms with van der Waals surface area (Å²) in [5, 5.41) is 9.83. The molecule has 0 aromatic rings. The molecule has 2 fully saturated rings. The van der Waals surface area contributed by atoms with Crippen molar-refractivity contribution in [3.8, 4) is 0 Å². The van der Waals surface area contributed by atoms with Gasteiger partial charge in [0.15, 0.2) is 0 Å². The lowest BCUT2D eigenvalue weighted by Gasteiger charge is -2.40. The van der Waals surface area contributed by atoms with Crippen molar-refractivity contribution in [3.63, 3.8) is 0 Å². The summed E-state index contributed by atoms with van der Waals surface area (Å²) < 4.78 is 0. The van der Waals surface area contributed by atoms with Gasteiger partial charge in [-0.2, -0.15) is 0 Å². The van der Waals surface area contributed by atoms with Crippen molar-refractivity contribution in [1.29, 1.82) is 0 Å². The molecule has 0 saturated heterocycles. The van der Waals surface area contributed by atoms with Gasteiger partial charge in [-0.05, 0) is 43.4 Å². The van der Waals surface area contributed by atoms with Gasteiger partial charge in [-0.25, -0.2) is 0 Å². The van der Waals surface area contributed by atoms with Crippen LogP contribution in [-0.4, -0.2) is 11.2 Å². The van der Waals surface area contributed by atoms with Gasteiger partial charge in [0, 0.05) is 0 Å².